The van der Waals surface area contributed by atoms with E-state index in [9.17, 15) is 0 Å². The van der Waals surface area contributed by atoms with Crippen LogP contribution in [0.4, 0.5) is 34.1 Å². The Labute approximate surface area is 351 Å². The number of fused-ring (bicyclic) bond motifs is 9. The lowest BCUT2D eigenvalue weighted by Crippen LogP contribution is -2.56. The second kappa shape index (κ2) is 13.9. The summed E-state index contributed by atoms with van der Waals surface area (Å²) in [5, 5.41) is 5.13. The first-order valence-electron chi connectivity index (χ1n) is 21.4. The van der Waals surface area contributed by atoms with E-state index < -0.39 is 0 Å². The molecule has 12 rings (SSSR count). The van der Waals surface area contributed by atoms with Crippen molar-refractivity contribution in [3.8, 4) is 22.3 Å². The van der Waals surface area contributed by atoms with Crippen molar-refractivity contribution in [3.63, 3.8) is 0 Å². The van der Waals surface area contributed by atoms with Gasteiger partial charge in [-0.1, -0.05) is 153 Å². The number of rotatable bonds is 8. The van der Waals surface area contributed by atoms with Gasteiger partial charge in [-0.25, -0.2) is 0 Å². The molecule has 0 aliphatic carbocycles. The number of benzene rings is 9. The number of hydrogen-bond donors (Lipinski definition) is 0. The molecule has 3 heterocycles. The molecule has 1 aromatic heterocycles. The standard InChI is InChI=1S/C56H42BN3/c1-2-3-18-38-31-34-50(48(35-38)39-19-7-4-8-20-39)59-52-37-43(58(41-22-9-5-10-23-41)42-24-11-6-12-25-42)32-33-49(52)57-55-53(59)36-40-21-13-14-26-44(40)54(55)47-29-17-28-46-45-27-15-16-30-51(45)60(57)56(46)47/h4-17,19-37H,2-3,18H2,1H3. The average molecular weight is 768 g/mol. The number of hydrogen-bond acceptors (Lipinski definition) is 2. The Balaban J connectivity index is 1.22. The van der Waals surface area contributed by atoms with Gasteiger partial charge in [-0.05, 0) is 112 Å². The Hall–Kier alpha value is -7.30. The van der Waals surface area contributed by atoms with Gasteiger partial charge >= 0.3 is 6.85 Å². The minimum absolute atomic E-state index is 0.0527. The summed E-state index contributed by atoms with van der Waals surface area (Å²) in [5.41, 5.74) is 18.6. The van der Waals surface area contributed by atoms with Gasteiger partial charge in [-0.15, -0.1) is 0 Å². The van der Waals surface area contributed by atoms with Crippen LogP contribution in [0.2, 0.25) is 0 Å². The normalized spacial score (nSPS) is 12.6. The van der Waals surface area contributed by atoms with Crippen molar-refractivity contribution < 1.29 is 0 Å². The molecule has 60 heavy (non-hydrogen) atoms. The molecule has 3 nitrogen and oxygen atoms in total. The van der Waals surface area contributed by atoms with Gasteiger partial charge in [-0.3, -0.25) is 0 Å². The summed E-state index contributed by atoms with van der Waals surface area (Å²) in [6, 6.07) is 74.5. The Morgan fingerprint density at radius 1 is 0.500 bits per heavy atom. The van der Waals surface area contributed by atoms with E-state index in [2.05, 4.69) is 221 Å². The SMILES string of the molecule is CCCCc1ccc(N2c3cc(N(c4ccccc4)c4ccccc4)ccc3B3c4c2cc2ccccc2c4-c2cccc4c5ccccc5n3c24)c(-c2ccccc2)c1. The number of aromatic nitrogens is 1. The van der Waals surface area contributed by atoms with E-state index in [4.69, 9.17) is 0 Å². The molecule has 0 atom stereocenters. The van der Waals surface area contributed by atoms with Crippen LogP contribution >= 0.6 is 0 Å². The van der Waals surface area contributed by atoms with Crippen LogP contribution in [0, 0.1) is 0 Å². The number of anilines is 6. The summed E-state index contributed by atoms with van der Waals surface area (Å²) in [5.74, 6) is 0. The van der Waals surface area contributed by atoms with Gasteiger partial charge in [-0.2, -0.15) is 0 Å². The van der Waals surface area contributed by atoms with Crippen LogP contribution in [0.25, 0.3) is 54.8 Å². The van der Waals surface area contributed by atoms with Gasteiger partial charge in [0, 0.05) is 61.4 Å². The largest absolute Gasteiger partial charge is 0.375 e. The van der Waals surface area contributed by atoms with Crippen LogP contribution in [-0.2, 0) is 6.42 Å². The lowest BCUT2D eigenvalue weighted by atomic mass is 9.44. The van der Waals surface area contributed by atoms with Crippen LogP contribution in [0.5, 0.6) is 0 Å². The van der Waals surface area contributed by atoms with Crippen LogP contribution in [0.3, 0.4) is 0 Å². The molecule has 284 valence electrons. The van der Waals surface area contributed by atoms with Crippen molar-refractivity contribution in [2.75, 3.05) is 9.80 Å². The Morgan fingerprint density at radius 3 is 1.95 bits per heavy atom. The molecule has 0 spiro atoms. The molecule has 0 fully saturated rings. The number of nitrogens with zero attached hydrogens (tertiary/aromatic N) is 3. The monoisotopic (exact) mass is 767 g/mol. The molecule has 2 aliphatic rings. The molecule has 2 aliphatic heterocycles. The van der Waals surface area contributed by atoms with Crippen molar-refractivity contribution in [1.82, 2.24) is 4.48 Å². The molecule has 4 heteroatoms. The summed E-state index contributed by atoms with van der Waals surface area (Å²) < 4.78 is 2.66. The second-order valence-corrected chi connectivity index (χ2v) is 16.3. The first-order chi connectivity index (χ1) is 29.8. The van der Waals surface area contributed by atoms with Gasteiger partial charge in [0.25, 0.3) is 0 Å². The highest BCUT2D eigenvalue weighted by Gasteiger charge is 2.44. The molecule has 10 aromatic rings. The summed E-state index contributed by atoms with van der Waals surface area (Å²) in [7, 11) is 0. The molecule has 0 bridgehead atoms. The van der Waals surface area contributed by atoms with E-state index in [1.54, 1.807) is 0 Å². The fraction of sp³-hybridized carbons (Fsp3) is 0.0714. The Bertz CT molecular complexity index is 3220. The van der Waals surface area contributed by atoms with E-state index in [0.29, 0.717) is 0 Å². The van der Waals surface area contributed by atoms with E-state index in [-0.39, 0.29) is 6.85 Å². The van der Waals surface area contributed by atoms with Crippen molar-refractivity contribution in [1.29, 1.82) is 0 Å². The van der Waals surface area contributed by atoms with Gasteiger partial charge in [0.1, 0.15) is 0 Å². The molecular weight excluding hydrogens is 725 g/mol. The first-order valence-corrected chi connectivity index (χ1v) is 21.4. The van der Waals surface area contributed by atoms with Crippen molar-refractivity contribution in [2.24, 2.45) is 0 Å². The molecule has 0 unspecified atom stereocenters. The molecule has 0 amide bonds. The second-order valence-electron chi connectivity index (χ2n) is 16.3. The van der Waals surface area contributed by atoms with E-state index in [0.717, 1.165) is 36.3 Å². The molecule has 0 saturated carbocycles. The summed E-state index contributed by atoms with van der Waals surface area (Å²) in [4.78, 5) is 5.00. The van der Waals surface area contributed by atoms with Crippen LogP contribution < -0.4 is 20.7 Å². The zero-order valence-electron chi connectivity index (χ0n) is 33.6. The third-order valence-corrected chi connectivity index (χ3v) is 12.9. The average Bonchev–Trinajstić information content (AvgIpc) is 3.65. The van der Waals surface area contributed by atoms with Crippen LogP contribution in [-0.4, -0.2) is 11.3 Å². The molecular formula is C56H42BN3. The fourth-order valence-corrected chi connectivity index (χ4v) is 10.3. The smallest absolute Gasteiger partial charge is 0.333 e. The van der Waals surface area contributed by atoms with Gasteiger partial charge in [0.15, 0.2) is 0 Å². The lowest BCUT2D eigenvalue weighted by molar-refractivity contribution is 0.795. The highest BCUT2D eigenvalue weighted by Crippen LogP contribution is 2.50. The predicted octanol–water partition coefficient (Wildman–Crippen LogP) is 13.8. The first kappa shape index (κ1) is 34.7. The molecule has 0 saturated heterocycles. The third kappa shape index (κ3) is 5.23. The summed E-state index contributed by atoms with van der Waals surface area (Å²) >= 11 is 0. The van der Waals surface area contributed by atoms with Crippen LogP contribution in [0.1, 0.15) is 25.3 Å². The zero-order chi connectivity index (χ0) is 39.7. The maximum atomic E-state index is 2.66. The fourth-order valence-electron chi connectivity index (χ4n) is 10.3. The highest BCUT2D eigenvalue weighted by atomic mass is 15.2. The van der Waals surface area contributed by atoms with Crippen LogP contribution in [0.15, 0.2) is 200 Å². The Morgan fingerprint density at radius 2 is 1.18 bits per heavy atom. The topological polar surface area (TPSA) is 11.4 Å². The van der Waals surface area contributed by atoms with E-state index in [1.807, 2.05) is 0 Å². The predicted molar refractivity (Wildman–Crippen MR) is 256 cm³/mol. The zero-order valence-corrected chi connectivity index (χ0v) is 33.6. The molecule has 0 radical (unpaired) electrons. The maximum absolute atomic E-state index is 2.66. The third-order valence-electron chi connectivity index (χ3n) is 12.9. The van der Waals surface area contributed by atoms with E-state index in [1.165, 1.54) is 88.4 Å². The van der Waals surface area contributed by atoms with Crippen molar-refractivity contribution in [2.45, 2.75) is 26.2 Å². The van der Waals surface area contributed by atoms with Gasteiger partial charge < -0.3 is 14.3 Å². The minimum Gasteiger partial charge on any atom is -0.375 e. The Kier molecular flexibility index (Phi) is 8.06. The highest BCUT2D eigenvalue weighted by molar-refractivity contribution is 6.90. The minimum atomic E-state index is -0.0527. The number of unbranched alkanes of at least 4 members (excludes halogenated alkanes) is 1. The quantitative estimate of drug-likeness (QED) is 0.143. The molecule has 0 N–H and O–H groups in total. The van der Waals surface area contributed by atoms with Gasteiger partial charge in [0.2, 0.25) is 0 Å². The van der Waals surface area contributed by atoms with Gasteiger partial charge in [0.05, 0.1) is 5.69 Å². The summed E-state index contributed by atoms with van der Waals surface area (Å²) in [6.45, 7) is 2.23. The van der Waals surface area contributed by atoms with E-state index >= 15 is 0 Å². The summed E-state index contributed by atoms with van der Waals surface area (Å²) in [6.07, 6.45) is 3.38. The van der Waals surface area contributed by atoms with Crippen molar-refractivity contribution in [3.05, 3.63) is 206 Å². The maximum Gasteiger partial charge on any atom is 0.333 e. The number of para-hydroxylation sites is 4. The number of aryl methyl sites for hydroxylation is 1. The lowest BCUT2D eigenvalue weighted by Gasteiger charge is -2.42. The van der Waals surface area contributed by atoms with Crippen molar-refractivity contribution >= 4 is 84.5 Å². The molecule has 9 aromatic carbocycles.